The zero-order valence-corrected chi connectivity index (χ0v) is 34.4. The highest BCUT2D eigenvalue weighted by atomic mass is 28.5. The van der Waals surface area contributed by atoms with E-state index in [1.807, 2.05) is 39.3 Å². The Kier molecular flexibility index (Phi) is 14.5. The second-order valence-corrected chi connectivity index (χ2v) is 38.8. The maximum atomic E-state index is 14.4. The maximum absolute atomic E-state index is 14.4. The Morgan fingerprint density at radius 2 is 1.11 bits per heavy atom. The Labute approximate surface area is 264 Å². The monoisotopic (exact) mass is 752 g/mol. The van der Waals surface area contributed by atoms with Gasteiger partial charge in [0.25, 0.3) is 0 Å². The largest absolute Gasteiger partial charge is 0.515 e. The topological polar surface area (TPSA) is 72.5 Å². The van der Waals surface area contributed by atoms with Gasteiger partial charge in [-0.1, -0.05) is 13.5 Å². The van der Waals surface area contributed by atoms with Crippen molar-refractivity contribution in [3.63, 3.8) is 0 Å². The van der Waals surface area contributed by atoms with E-state index in [1.165, 1.54) is 20.0 Å². The van der Waals surface area contributed by atoms with Gasteiger partial charge in [0.15, 0.2) is 39.0 Å². The highest BCUT2D eigenvalue weighted by molar-refractivity contribution is 6.92. The van der Waals surface area contributed by atoms with Crippen LogP contribution in [0.2, 0.25) is 84.6 Å². The first-order valence-electron chi connectivity index (χ1n) is 14.2. The summed E-state index contributed by atoms with van der Waals surface area (Å²) in [4.78, 5) is 12.8. The number of carbonyl (C=O) groups is 1. The van der Waals surface area contributed by atoms with Gasteiger partial charge in [0.05, 0.1) is 0 Å². The molecule has 20 heteroatoms. The summed E-state index contributed by atoms with van der Waals surface area (Å²) in [5.41, 5.74) is -1.19. The summed E-state index contributed by atoms with van der Waals surface area (Å²) < 4.78 is 134. The maximum Gasteiger partial charge on any atom is 0.515 e. The molecule has 0 aliphatic rings. The van der Waals surface area contributed by atoms with E-state index in [9.17, 15) is 35.5 Å². The second kappa shape index (κ2) is 14.5. The molecule has 0 aliphatic heterocycles. The lowest BCUT2D eigenvalue weighted by Crippen LogP contribution is -2.71. The number of ether oxygens (including phenoxy) is 1. The molecule has 0 bridgehead atoms. The number of esters is 1. The minimum Gasteiger partial charge on any atom is -0.455 e. The van der Waals surface area contributed by atoms with Crippen molar-refractivity contribution < 1.29 is 60.8 Å². The highest BCUT2D eigenvalue weighted by Gasteiger charge is 2.73. The standard InChI is InChI=1S/C24H51F7O7Si6/c1-16-20(33-21(32)19(2)3)44(36-41(10,11)12,38-43(15,34-39(4,5)6)35-40(7,8)9)37-42(13,14)18-17-22(25,26)23(27,28)24(29,30)31/h20H,2,16-18H2,1,3-15H3. The van der Waals surface area contributed by atoms with Gasteiger partial charge < -0.3 is 25.3 Å². The lowest BCUT2D eigenvalue weighted by molar-refractivity contribution is -0.354. The summed E-state index contributed by atoms with van der Waals surface area (Å²) in [5, 5.41) is 0. The van der Waals surface area contributed by atoms with Crippen LogP contribution in [0.25, 0.3) is 0 Å². The van der Waals surface area contributed by atoms with Crippen LogP contribution in [0.15, 0.2) is 12.2 Å². The molecular formula is C24H51F7O7Si6. The second-order valence-electron chi connectivity index (χ2n) is 14.4. The Balaban J connectivity index is 7.28. The van der Waals surface area contributed by atoms with Crippen LogP contribution in [0.3, 0.4) is 0 Å². The number of hydrogen-bond acceptors (Lipinski definition) is 7. The lowest BCUT2D eigenvalue weighted by atomic mass is 10.1. The summed E-state index contributed by atoms with van der Waals surface area (Å²) >= 11 is 0. The van der Waals surface area contributed by atoms with E-state index < -0.39 is 93.1 Å². The first kappa shape index (κ1) is 43.8. The van der Waals surface area contributed by atoms with Crippen molar-refractivity contribution in [1.29, 1.82) is 0 Å². The predicted molar refractivity (Wildman–Crippen MR) is 171 cm³/mol. The van der Waals surface area contributed by atoms with Gasteiger partial charge in [-0.2, -0.15) is 30.7 Å². The molecule has 2 atom stereocenters. The highest BCUT2D eigenvalue weighted by Crippen LogP contribution is 2.49. The Hall–Kier alpha value is -0.179. The average molecular weight is 753 g/mol. The van der Waals surface area contributed by atoms with E-state index in [2.05, 4.69) is 6.58 Å². The van der Waals surface area contributed by atoms with E-state index in [4.69, 9.17) is 25.3 Å². The molecule has 0 aromatic heterocycles. The zero-order valence-electron chi connectivity index (χ0n) is 28.4. The van der Waals surface area contributed by atoms with Crippen LogP contribution in [0.4, 0.5) is 30.7 Å². The van der Waals surface area contributed by atoms with Gasteiger partial charge in [0.2, 0.25) is 0 Å². The number of hydrogen-bond donors (Lipinski definition) is 0. The molecule has 0 spiro atoms. The summed E-state index contributed by atoms with van der Waals surface area (Å²) in [6.45, 7) is 27.9. The first-order valence-corrected chi connectivity index (χ1v) is 31.6. The number of halogens is 7. The van der Waals surface area contributed by atoms with Crippen LogP contribution >= 0.6 is 0 Å². The van der Waals surface area contributed by atoms with Crippen LogP contribution < -0.4 is 0 Å². The molecule has 0 aliphatic carbocycles. The van der Waals surface area contributed by atoms with Crippen LogP contribution in [0.1, 0.15) is 26.7 Å². The average Bonchev–Trinajstić information content (AvgIpc) is 2.70. The third-order valence-corrected chi connectivity index (χ3v) is 25.6. The smallest absolute Gasteiger partial charge is 0.455 e. The quantitative estimate of drug-likeness (QED) is 0.0600. The summed E-state index contributed by atoms with van der Waals surface area (Å²) in [7, 11) is -19.5. The van der Waals surface area contributed by atoms with Crippen molar-refractivity contribution >= 4 is 56.8 Å². The third kappa shape index (κ3) is 13.9. The Morgan fingerprint density at radius 1 is 0.705 bits per heavy atom. The van der Waals surface area contributed by atoms with E-state index >= 15 is 0 Å². The zero-order chi connectivity index (χ0) is 35.6. The third-order valence-electron chi connectivity index (χ3n) is 5.40. The van der Waals surface area contributed by atoms with Gasteiger partial charge in [-0.15, -0.1) is 0 Å². The number of carbonyl (C=O) groups excluding carboxylic acids is 1. The molecule has 0 aromatic carbocycles. The van der Waals surface area contributed by atoms with E-state index in [-0.39, 0.29) is 12.0 Å². The molecule has 0 amide bonds. The van der Waals surface area contributed by atoms with Crippen LogP contribution in [-0.2, 0) is 30.1 Å². The van der Waals surface area contributed by atoms with Gasteiger partial charge >= 0.3 is 41.6 Å². The van der Waals surface area contributed by atoms with E-state index in [0.717, 1.165) is 0 Å². The van der Waals surface area contributed by atoms with Crippen molar-refractivity contribution in [1.82, 2.24) is 0 Å². The summed E-state index contributed by atoms with van der Waals surface area (Å²) in [5.74, 6) is -12.5. The molecule has 7 nitrogen and oxygen atoms in total. The van der Waals surface area contributed by atoms with E-state index in [0.29, 0.717) is 0 Å². The fraction of sp³-hybridized carbons (Fsp3) is 0.875. The SMILES string of the molecule is C=C(C)C(=O)OC(CC)[Si](O[Si](C)(C)C)(O[Si](C)(C)CCC(F)(F)C(F)(F)C(F)(F)F)O[Si](C)(O[Si](C)(C)C)O[Si](C)(C)C. The molecule has 0 saturated carbocycles. The van der Waals surface area contributed by atoms with Crippen molar-refractivity contribution in [2.45, 2.75) is 135 Å². The van der Waals surface area contributed by atoms with Crippen molar-refractivity contribution in [3.05, 3.63) is 12.2 Å². The lowest BCUT2D eigenvalue weighted by Gasteiger charge is -2.48. The van der Waals surface area contributed by atoms with Gasteiger partial charge in [-0.05, 0) is 91.4 Å². The van der Waals surface area contributed by atoms with E-state index in [1.54, 1.807) is 33.1 Å². The van der Waals surface area contributed by atoms with Crippen molar-refractivity contribution in [3.8, 4) is 0 Å². The Bertz CT molecular complexity index is 980. The molecule has 0 fully saturated rings. The molecule has 262 valence electrons. The first-order chi connectivity index (χ1) is 19.0. The van der Waals surface area contributed by atoms with Crippen molar-refractivity contribution in [2.24, 2.45) is 0 Å². The molecule has 0 aromatic rings. The fourth-order valence-corrected chi connectivity index (χ4v) is 28.4. The summed E-state index contributed by atoms with van der Waals surface area (Å²) in [6.07, 6.45) is -8.21. The molecule has 0 N–H and O–H groups in total. The Morgan fingerprint density at radius 3 is 1.43 bits per heavy atom. The van der Waals surface area contributed by atoms with Gasteiger partial charge in [-0.25, -0.2) is 4.79 Å². The normalized spacial score (nSPS) is 16.8. The minimum atomic E-state index is -6.45. The summed E-state index contributed by atoms with van der Waals surface area (Å²) in [6, 6.07) is -0.828. The molecule has 0 heterocycles. The van der Waals surface area contributed by atoms with Gasteiger partial charge in [0.1, 0.15) is 0 Å². The van der Waals surface area contributed by atoms with Crippen LogP contribution in [0, 0.1) is 0 Å². The predicted octanol–water partition coefficient (Wildman–Crippen LogP) is 8.95. The molecule has 44 heavy (non-hydrogen) atoms. The molecule has 0 saturated heterocycles. The van der Waals surface area contributed by atoms with Crippen molar-refractivity contribution in [2.75, 3.05) is 0 Å². The molecular weight excluding hydrogens is 702 g/mol. The fourth-order valence-electron chi connectivity index (χ4n) is 4.01. The minimum absolute atomic E-state index is 0.0431. The van der Waals surface area contributed by atoms with Gasteiger partial charge in [-0.3, -0.25) is 0 Å². The van der Waals surface area contributed by atoms with Crippen LogP contribution in [-0.4, -0.2) is 80.6 Å². The number of alkyl halides is 7. The number of rotatable bonds is 18. The molecule has 0 rings (SSSR count). The van der Waals surface area contributed by atoms with Crippen LogP contribution in [0.5, 0.6) is 0 Å². The molecule has 0 radical (unpaired) electrons. The van der Waals surface area contributed by atoms with Gasteiger partial charge in [0, 0.05) is 18.5 Å². The molecule has 2 unspecified atom stereocenters.